The van der Waals surface area contributed by atoms with Crippen LogP contribution in [0.3, 0.4) is 0 Å². The number of anilines is 3. The van der Waals surface area contributed by atoms with Crippen molar-refractivity contribution in [3.8, 4) is 5.75 Å². The zero-order valence-electron chi connectivity index (χ0n) is 14.4. The van der Waals surface area contributed by atoms with Gasteiger partial charge in [-0.25, -0.2) is 5.43 Å². The number of rotatable bonds is 8. The predicted octanol–water partition coefficient (Wildman–Crippen LogP) is 2.58. The molecule has 0 fully saturated rings. The number of nitrogens with zero attached hydrogens (tertiary/aromatic N) is 4. The molecule has 128 valence electrons. The molecule has 0 atom stereocenters. The molecule has 8 nitrogen and oxygen atoms in total. The second kappa shape index (κ2) is 8.66. The van der Waals surface area contributed by atoms with Gasteiger partial charge in [-0.05, 0) is 50.6 Å². The van der Waals surface area contributed by atoms with Crippen LogP contribution in [0.2, 0.25) is 0 Å². The van der Waals surface area contributed by atoms with E-state index in [9.17, 15) is 0 Å². The molecule has 0 aliphatic rings. The van der Waals surface area contributed by atoms with Gasteiger partial charge in [0.1, 0.15) is 5.75 Å². The molecule has 0 aliphatic carbocycles. The van der Waals surface area contributed by atoms with E-state index in [0.29, 0.717) is 17.8 Å². The summed E-state index contributed by atoms with van der Waals surface area (Å²) >= 11 is 0. The molecule has 0 unspecified atom stereocenters. The average molecular weight is 329 g/mol. The third kappa shape index (κ3) is 4.80. The summed E-state index contributed by atoms with van der Waals surface area (Å²) in [6, 6.07) is 7.68. The molecular weight excluding hydrogens is 306 g/mol. The number of methoxy groups -OCH3 is 1. The monoisotopic (exact) mass is 329 g/mol. The predicted molar refractivity (Wildman–Crippen MR) is 97.0 cm³/mol. The lowest BCUT2D eigenvalue weighted by Gasteiger charge is -2.08. The molecule has 0 aliphatic heterocycles. The first-order valence-electron chi connectivity index (χ1n) is 7.84. The highest BCUT2D eigenvalue weighted by molar-refractivity contribution is 5.99. The van der Waals surface area contributed by atoms with E-state index < -0.39 is 0 Å². The maximum atomic E-state index is 5.15. The summed E-state index contributed by atoms with van der Waals surface area (Å²) < 4.78 is 5.15. The van der Waals surface area contributed by atoms with Gasteiger partial charge in [0, 0.05) is 13.1 Å². The summed E-state index contributed by atoms with van der Waals surface area (Å²) in [5.41, 5.74) is 4.68. The van der Waals surface area contributed by atoms with Crippen LogP contribution in [0, 0.1) is 0 Å². The van der Waals surface area contributed by atoms with E-state index in [-0.39, 0.29) is 0 Å². The lowest BCUT2D eigenvalue weighted by molar-refractivity contribution is 0.415. The van der Waals surface area contributed by atoms with Crippen LogP contribution in [0.25, 0.3) is 0 Å². The zero-order valence-corrected chi connectivity index (χ0v) is 14.4. The van der Waals surface area contributed by atoms with Crippen molar-refractivity contribution in [2.24, 2.45) is 5.10 Å². The Kier molecular flexibility index (Phi) is 6.30. The number of hydrogen-bond donors (Lipinski definition) is 3. The van der Waals surface area contributed by atoms with Crippen molar-refractivity contribution in [3.05, 3.63) is 29.8 Å². The van der Waals surface area contributed by atoms with Gasteiger partial charge in [0.05, 0.1) is 12.8 Å². The molecule has 0 spiro atoms. The van der Waals surface area contributed by atoms with Crippen molar-refractivity contribution in [1.29, 1.82) is 0 Å². The van der Waals surface area contributed by atoms with Crippen LogP contribution < -0.4 is 20.8 Å². The minimum atomic E-state index is 0.379. The van der Waals surface area contributed by atoms with Crippen LogP contribution in [-0.4, -0.2) is 40.9 Å². The van der Waals surface area contributed by atoms with Crippen LogP contribution >= 0.6 is 0 Å². The molecule has 2 aromatic rings. The topological polar surface area (TPSA) is 96.4 Å². The minimum absolute atomic E-state index is 0.379. The SMILES string of the molecule is CCNc1nc(NCC)nc(N/N=C(\C)c2ccc(OC)cc2)n1. The lowest BCUT2D eigenvalue weighted by Crippen LogP contribution is -2.11. The molecule has 1 aromatic heterocycles. The Balaban J connectivity index is 2.15. The summed E-state index contributed by atoms with van der Waals surface area (Å²) in [6.07, 6.45) is 0. The summed E-state index contributed by atoms with van der Waals surface area (Å²) in [5, 5.41) is 10.5. The standard InChI is InChI=1S/C16H23N7O/c1-5-17-14-19-15(18-6-2)21-16(20-14)23-22-11(3)12-7-9-13(24-4)10-8-12/h7-10H,5-6H2,1-4H3,(H3,17,18,19,20,21,23)/b22-11+. The van der Waals surface area contributed by atoms with E-state index in [1.807, 2.05) is 45.0 Å². The summed E-state index contributed by atoms with van der Waals surface area (Å²) in [5.74, 6) is 2.19. The Morgan fingerprint density at radius 1 is 0.958 bits per heavy atom. The molecule has 2 rings (SSSR count). The van der Waals surface area contributed by atoms with Crippen molar-refractivity contribution >= 4 is 23.6 Å². The van der Waals surface area contributed by atoms with Crippen LogP contribution in [0.15, 0.2) is 29.4 Å². The lowest BCUT2D eigenvalue weighted by atomic mass is 10.1. The normalized spacial score (nSPS) is 11.1. The van der Waals surface area contributed by atoms with E-state index in [2.05, 4.69) is 36.1 Å². The second-order valence-electron chi connectivity index (χ2n) is 4.90. The van der Waals surface area contributed by atoms with E-state index in [1.54, 1.807) is 7.11 Å². The molecule has 0 radical (unpaired) electrons. The smallest absolute Gasteiger partial charge is 0.250 e. The van der Waals surface area contributed by atoms with Crippen molar-refractivity contribution in [2.45, 2.75) is 20.8 Å². The molecule has 0 amide bonds. The quantitative estimate of drug-likeness (QED) is 0.506. The van der Waals surface area contributed by atoms with Gasteiger partial charge in [-0.3, -0.25) is 0 Å². The van der Waals surface area contributed by atoms with E-state index in [1.165, 1.54) is 0 Å². The van der Waals surface area contributed by atoms with Gasteiger partial charge >= 0.3 is 0 Å². The maximum absolute atomic E-state index is 5.15. The fourth-order valence-corrected chi connectivity index (χ4v) is 1.93. The highest BCUT2D eigenvalue weighted by atomic mass is 16.5. The first kappa shape index (κ1) is 17.5. The van der Waals surface area contributed by atoms with Crippen LogP contribution in [0.1, 0.15) is 26.3 Å². The van der Waals surface area contributed by atoms with E-state index in [4.69, 9.17) is 4.74 Å². The fraction of sp³-hybridized carbons (Fsp3) is 0.375. The van der Waals surface area contributed by atoms with Crippen molar-refractivity contribution in [3.63, 3.8) is 0 Å². The number of benzene rings is 1. The number of ether oxygens (including phenoxy) is 1. The third-order valence-corrected chi connectivity index (χ3v) is 3.14. The Bertz CT molecular complexity index is 661. The number of hydrazone groups is 1. The first-order valence-corrected chi connectivity index (χ1v) is 7.84. The molecule has 1 heterocycles. The molecule has 0 bridgehead atoms. The largest absolute Gasteiger partial charge is 0.497 e. The summed E-state index contributed by atoms with van der Waals surface area (Å²) in [4.78, 5) is 12.8. The molecule has 1 aromatic carbocycles. The van der Waals surface area contributed by atoms with Crippen molar-refractivity contribution in [2.75, 3.05) is 36.3 Å². The Morgan fingerprint density at radius 3 is 2.00 bits per heavy atom. The third-order valence-electron chi connectivity index (χ3n) is 3.14. The fourth-order valence-electron chi connectivity index (χ4n) is 1.93. The van der Waals surface area contributed by atoms with Gasteiger partial charge in [-0.2, -0.15) is 20.1 Å². The van der Waals surface area contributed by atoms with Crippen molar-refractivity contribution in [1.82, 2.24) is 15.0 Å². The first-order chi connectivity index (χ1) is 11.7. The van der Waals surface area contributed by atoms with Gasteiger partial charge in [0.2, 0.25) is 17.8 Å². The highest BCUT2D eigenvalue weighted by Crippen LogP contribution is 2.13. The van der Waals surface area contributed by atoms with Gasteiger partial charge in [-0.1, -0.05) is 0 Å². The Labute approximate surface area is 141 Å². The molecule has 0 saturated carbocycles. The van der Waals surface area contributed by atoms with Gasteiger partial charge in [-0.15, -0.1) is 0 Å². The molecule has 24 heavy (non-hydrogen) atoms. The molecular formula is C16H23N7O. The highest BCUT2D eigenvalue weighted by Gasteiger charge is 2.05. The van der Waals surface area contributed by atoms with Crippen LogP contribution in [0.4, 0.5) is 17.8 Å². The molecule has 8 heteroatoms. The van der Waals surface area contributed by atoms with E-state index in [0.717, 1.165) is 30.1 Å². The Morgan fingerprint density at radius 2 is 1.50 bits per heavy atom. The Hall–Kier alpha value is -2.90. The second-order valence-corrected chi connectivity index (χ2v) is 4.90. The summed E-state index contributed by atoms with van der Waals surface area (Å²) in [6.45, 7) is 7.32. The van der Waals surface area contributed by atoms with Gasteiger partial charge in [0.25, 0.3) is 0 Å². The van der Waals surface area contributed by atoms with E-state index >= 15 is 0 Å². The van der Waals surface area contributed by atoms with Crippen molar-refractivity contribution < 1.29 is 4.74 Å². The van der Waals surface area contributed by atoms with Gasteiger partial charge in [0.15, 0.2) is 0 Å². The minimum Gasteiger partial charge on any atom is -0.497 e. The zero-order chi connectivity index (χ0) is 17.4. The molecule has 0 saturated heterocycles. The number of hydrogen-bond acceptors (Lipinski definition) is 8. The van der Waals surface area contributed by atoms with Gasteiger partial charge < -0.3 is 15.4 Å². The van der Waals surface area contributed by atoms with Crippen LogP contribution in [-0.2, 0) is 0 Å². The number of aromatic nitrogens is 3. The molecule has 3 N–H and O–H groups in total. The maximum Gasteiger partial charge on any atom is 0.250 e. The average Bonchev–Trinajstić information content (AvgIpc) is 2.60. The summed E-state index contributed by atoms with van der Waals surface area (Å²) in [7, 11) is 1.64. The van der Waals surface area contributed by atoms with Crippen LogP contribution in [0.5, 0.6) is 5.75 Å². The number of nitrogens with one attached hydrogen (secondary N) is 3.